The number of hydrogen-bond donors (Lipinski definition) is 3. The highest BCUT2D eigenvalue weighted by Crippen LogP contribution is 2.41. The van der Waals surface area contributed by atoms with Gasteiger partial charge in [0.25, 0.3) is 0 Å². The van der Waals surface area contributed by atoms with Gasteiger partial charge in [0.05, 0.1) is 0 Å². The first-order chi connectivity index (χ1) is 11.8. The average molecular weight is 346 g/mol. The lowest BCUT2D eigenvalue weighted by molar-refractivity contribution is -0.161. The number of rotatable bonds is 8. The molecule has 0 aliphatic heterocycles. The maximum Gasteiger partial charge on any atom is 0.337 e. The van der Waals surface area contributed by atoms with Crippen molar-refractivity contribution in [3.63, 3.8) is 0 Å². The third kappa shape index (κ3) is 4.04. The predicted octanol–water partition coefficient (Wildman–Crippen LogP) is 2.33. The van der Waals surface area contributed by atoms with Gasteiger partial charge in [0, 0.05) is 24.4 Å². The van der Waals surface area contributed by atoms with Crippen molar-refractivity contribution in [2.75, 3.05) is 0 Å². The molecule has 5 heteroatoms. The highest BCUT2D eigenvalue weighted by atomic mass is 16.4. The zero-order valence-electron chi connectivity index (χ0n) is 15.2. The Kier molecular flexibility index (Phi) is 5.16. The average Bonchev–Trinajstić information content (AvgIpc) is 3.23. The molecular formula is C20H30N2O3. The largest absolute Gasteiger partial charge is 0.479 e. The molecule has 3 rings (SSSR count). The van der Waals surface area contributed by atoms with E-state index in [9.17, 15) is 15.0 Å². The van der Waals surface area contributed by atoms with Gasteiger partial charge in [0.2, 0.25) is 0 Å². The molecule has 0 spiro atoms. The van der Waals surface area contributed by atoms with Gasteiger partial charge in [-0.25, -0.2) is 4.79 Å². The Morgan fingerprint density at radius 1 is 1.36 bits per heavy atom. The SMILES string of the molecule is CC(C)C[C@H](N)[C@](O)(Cc1nccc2c1C[C@@H](CC1CC1)C2)C(=O)O. The summed E-state index contributed by atoms with van der Waals surface area (Å²) in [5.41, 5.74) is 7.23. The summed E-state index contributed by atoms with van der Waals surface area (Å²) >= 11 is 0. The van der Waals surface area contributed by atoms with E-state index in [-0.39, 0.29) is 12.3 Å². The number of pyridine rings is 1. The molecule has 0 amide bonds. The topological polar surface area (TPSA) is 96.4 Å². The van der Waals surface area contributed by atoms with Gasteiger partial charge in [-0.1, -0.05) is 26.7 Å². The molecule has 1 aromatic rings. The lowest BCUT2D eigenvalue weighted by Gasteiger charge is -2.31. The number of aliphatic carboxylic acids is 1. The van der Waals surface area contributed by atoms with Crippen molar-refractivity contribution in [2.24, 2.45) is 23.5 Å². The number of carboxylic acids is 1. The van der Waals surface area contributed by atoms with Crippen molar-refractivity contribution in [1.29, 1.82) is 0 Å². The predicted molar refractivity (Wildman–Crippen MR) is 96.2 cm³/mol. The molecule has 2 aliphatic rings. The molecule has 5 nitrogen and oxygen atoms in total. The van der Waals surface area contributed by atoms with E-state index in [1.807, 2.05) is 19.9 Å². The minimum atomic E-state index is -1.97. The molecule has 0 radical (unpaired) electrons. The van der Waals surface area contributed by atoms with Crippen LogP contribution in [0.1, 0.15) is 56.4 Å². The maximum atomic E-state index is 11.8. The summed E-state index contributed by atoms with van der Waals surface area (Å²) in [6, 6.07) is 1.23. The molecule has 0 unspecified atom stereocenters. The normalized spacial score (nSPS) is 23.3. The molecule has 3 atom stereocenters. The first-order valence-electron chi connectivity index (χ1n) is 9.46. The van der Waals surface area contributed by atoms with E-state index >= 15 is 0 Å². The van der Waals surface area contributed by atoms with Crippen molar-refractivity contribution < 1.29 is 15.0 Å². The number of aromatic nitrogens is 1. The number of nitrogens with two attached hydrogens (primary N) is 1. The van der Waals surface area contributed by atoms with E-state index in [1.54, 1.807) is 6.20 Å². The van der Waals surface area contributed by atoms with E-state index in [0.717, 1.165) is 24.3 Å². The summed E-state index contributed by atoms with van der Waals surface area (Å²) in [5, 5.41) is 20.5. The van der Waals surface area contributed by atoms with E-state index in [0.29, 0.717) is 18.0 Å². The van der Waals surface area contributed by atoms with Gasteiger partial charge in [-0.05, 0) is 60.6 Å². The van der Waals surface area contributed by atoms with Crippen LogP contribution in [0.2, 0.25) is 0 Å². The van der Waals surface area contributed by atoms with Gasteiger partial charge >= 0.3 is 5.97 Å². The van der Waals surface area contributed by atoms with Crippen LogP contribution in [0.5, 0.6) is 0 Å². The highest BCUT2D eigenvalue weighted by Gasteiger charge is 2.44. The smallest absolute Gasteiger partial charge is 0.337 e. The van der Waals surface area contributed by atoms with Crippen LogP contribution in [0.3, 0.4) is 0 Å². The summed E-state index contributed by atoms with van der Waals surface area (Å²) in [6.07, 6.45) is 8.13. The summed E-state index contributed by atoms with van der Waals surface area (Å²) in [6.45, 7) is 3.95. The lowest BCUT2D eigenvalue weighted by atomic mass is 9.83. The fourth-order valence-corrected chi connectivity index (χ4v) is 4.16. The Morgan fingerprint density at radius 3 is 2.68 bits per heavy atom. The maximum absolute atomic E-state index is 11.8. The summed E-state index contributed by atoms with van der Waals surface area (Å²) in [5.74, 6) is 0.477. The van der Waals surface area contributed by atoms with Crippen LogP contribution in [0, 0.1) is 17.8 Å². The molecule has 0 bridgehead atoms. The Morgan fingerprint density at radius 2 is 2.08 bits per heavy atom. The Bertz CT molecular complexity index is 642. The zero-order chi connectivity index (χ0) is 18.2. The Balaban J connectivity index is 1.80. The minimum absolute atomic E-state index is 0.0183. The molecule has 0 aromatic carbocycles. The van der Waals surface area contributed by atoms with Crippen LogP contribution >= 0.6 is 0 Å². The van der Waals surface area contributed by atoms with Gasteiger partial charge < -0.3 is 15.9 Å². The van der Waals surface area contributed by atoms with Crippen LogP contribution in [0.15, 0.2) is 12.3 Å². The van der Waals surface area contributed by atoms with Crippen molar-refractivity contribution in [3.8, 4) is 0 Å². The van der Waals surface area contributed by atoms with E-state index in [2.05, 4.69) is 4.98 Å². The van der Waals surface area contributed by atoms with Crippen LogP contribution in [-0.4, -0.2) is 32.8 Å². The van der Waals surface area contributed by atoms with E-state index in [4.69, 9.17) is 5.73 Å². The van der Waals surface area contributed by atoms with Crippen molar-refractivity contribution in [3.05, 3.63) is 29.1 Å². The van der Waals surface area contributed by atoms with Crippen LogP contribution in [0.4, 0.5) is 0 Å². The van der Waals surface area contributed by atoms with Gasteiger partial charge in [-0.2, -0.15) is 0 Å². The number of aliphatic hydroxyl groups is 1. The molecule has 1 saturated carbocycles. The van der Waals surface area contributed by atoms with Crippen molar-refractivity contribution >= 4 is 5.97 Å². The van der Waals surface area contributed by atoms with Crippen LogP contribution in [-0.2, 0) is 24.1 Å². The van der Waals surface area contributed by atoms with Crippen molar-refractivity contribution in [2.45, 2.75) is 70.4 Å². The Hall–Kier alpha value is -1.46. The molecule has 138 valence electrons. The van der Waals surface area contributed by atoms with Crippen LogP contribution in [0.25, 0.3) is 0 Å². The lowest BCUT2D eigenvalue weighted by Crippen LogP contribution is -2.56. The van der Waals surface area contributed by atoms with Gasteiger partial charge in [-0.15, -0.1) is 0 Å². The third-order valence-corrected chi connectivity index (χ3v) is 5.75. The molecule has 1 aromatic heterocycles. The number of hydrogen-bond acceptors (Lipinski definition) is 4. The molecule has 1 fully saturated rings. The molecule has 1 heterocycles. The molecule has 2 aliphatic carbocycles. The second-order valence-corrected chi connectivity index (χ2v) is 8.49. The van der Waals surface area contributed by atoms with Crippen LogP contribution < -0.4 is 5.73 Å². The highest BCUT2D eigenvalue weighted by molar-refractivity contribution is 5.78. The number of nitrogens with zero attached hydrogens (tertiary/aromatic N) is 1. The van der Waals surface area contributed by atoms with Gasteiger partial charge in [-0.3, -0.25) is 4.98 Å². The number of carboxylic acid groups (broad SMARTS) is 1. The first kappa shape index (κ1) is 18.3. The summed E-state index contributed by atoms with van der Waals surface area (Å²) in [7, 11) is 0. The molecule has 4 N–H and O–H groups in total. The monoisotopic (exact) mass is 346 g/mol. The van der Waals surface area contributed by atoms with Gasteiger partial charge in [0.1, 0.15) is 0 Å². The fourth-order valence-electron chi connectivity index (χ4n) is 4.16. The first-order valence-corrected chi connectivity index (χ1v) is 9.46. The summed E-state index contributed by atoms with van der Waals surface area (Å²) < 4.78 is 0. The number of fused-ring (bicyclic) bond motifs is 1. The Labute approximate surface area is 149 Å². The number of carbonyl (C=O) groups is 1. The standard InChI is InChI=1S/C20H30N2O3/c1-12(2)7-18(21)20(25,19(23)24)11-17-16-10-14(8-13-3-4-13)9-15(16)5-6-22-17/h5-6,12-14,18,25H,3-4,7-11,21H2,1-2H3,(H,23,24)/t14-,18-,20+/m0/s1. The van der Waals surface area contributed by atoms with Crippen molar-refractivity contribution in [1.82, 2.24) is 4.98 Å². The minimum Gasteiger partial charge on any atom is -0.479 e. The summed E-state index contributed by atoms with van der Waals surface area (Å²) in [4.78, 5) is 16.2. The fraction of sp³-hybridized carbons (Fsp3) is 0.700. The third-order valence-electron chi connectivity index (χ3n) is 5.75. The second-order valence-electron chi connectivity index (χ2n) is 8.49. The molecular weight excluding hydrogens is 316 g/mol. The van der Waals surface area contributed by atoms with E-state index in [1.165, 1.54) is 24.8 Å². The zero-order valence-corrected chi connectivity index (χ0v) is 15.2. The molecule has 25 heavy (non-hydrogen) atoms. The molecule has 0 saturated heterocycles. The quantitative estimate of drug-likeness (QED) is 0.671. The van der Waals surface area contributed by atoms with E-state index < -0.39 is 17.6 Å². The van der Waals surface area contributed by atoms with Gasteiger partial charge in [0.15, 0.2) is 5.60 Å². The second kappa shape index (κ2) is 7.04.